The summed E-state index contributed by atoms with van der Waals surface area (Å²) in [4.78, 5) is 14.4. The van der Waals surface area contributed by atoms with Gasteiger partial charge in [-0.3, -0.25) is 4.79 Å². The Labute approximate surface area is 93.8 Å². The molecule has 5 nitrogen and oxygen atoms in total. The van der Waals surface area contributed by atoms with E-state index in [1.54, 1.807) is 0 Å². The van der Waals surface area contributed by atoms with Gasteiger partial charge >= 0.3 is 0 Å². The van der Waals surface area contributed by atoms with Crippen molar-refractivity contribution in [1.29, 1.82) is 0 Å². The lowest BCUT2D eigenvalue weighted by atomic mass is 9.99. The third-order valence-corrected chi connectivity index (χ3v) is 4.54. The number of hydrogen-bond acceptors (Lipinski definition) is 5. The molecule has 1 aromatic heterocycles. The molecule has 6 heteroatoms. The van der Waals surface area contributed by atoms with Gasteiger partial charge in [-0.2, -0.15) is 0 Å². The zero-order valence-corrected chi connectivity index (χ0v) is 9.57. The van der Waals surface area contributed by atoms with Crippen LogP contribution in [-0.4, -0.2) is 31.2 Å². The fraction of sp³-hybridized carbons (Fsp3) is 0.600. The summed E-state index contributed by atoms with van der Waals surface area (Å²) in [7, 11) is -2.81. The third-order valence-electron chi connectivity index (χ3n) is 2.83. The Hall–Kier alpha value is -1.17. The highest BCUT2D eigenvalue weighted by atomic mass is 32.2. The molecule has 0 radical (unpaired) electrons. The molecule has 0 amide bonds. The SMILES string of the molecule is O=Cc1coc(CC2CCS(=O)(=O)CC2)n1. The van der Waals surface area contributed by atoms with Crippen LogP contribution in [-0.2, 0) is 16.3 Å². The van der Waals surface area contributed by atoms with Crippen LogP contribution in [0.4, 0.5) is 0 Å². The molecule has 0 spiro atoms. The zero-order valence-electron chi connectivity index (χ0n) is 8.76. The molecule has 0 saturated carbocycles. The predicted octanol–water partition coefficient (Wildman–Crippen LogP) is 0.854. The summed E-state index contributed by atoms with van der Waals surface area (Å²) in [5.74, 6) is 1.31. The molecular formula is C10H13NO4S. The van der Waals surface area contributed by atoms with E-state index in [1.807, 2.05) is 0 Å². The summed E-state index contributed by atoms with van der Waals surface area (Å²) in [6.07, 6.45) is 3.88. The molecule has 0 aliphatic carbocycles. The molecule has 1 fully saturated rings. The van der Waals surface area contributed by atoms with E-state index in [4.69, 9.17) is 4.42 Å². The van der Waals surface area contributed by atoms with Gasteiger partial charge in [0.05, 0.1) is 11.5 Å². The predicted molar refractivity (Wildman–Crippen MR) is 57.0 cm³/mol. The summed E-state index contributed by atoms with van der Waals surface area (Å²) >= 11 is 0. The lowest BCUT2D eigenvalue weighted by molar-refractivity contribution is 0.111. The molecule has 0 aromatic carbocycles. The van der Waals surface area contributed by atoms with Crippen molar-refractivity contribution in [3.05, 3.63) is 17.8 Å². The average molecular weight is 243 g/mol. The van der Waals surface area contributed by atoms with Crippen molar-refractivity contribution in [1.82, 2.24) is 4.98 Å². The van der Waals surface area contributed by atoms with Crippen molar-refractivity contribution in [2.45, 2.75) is 19.3 Å². The third kappa shape index (κ3) is 2.69. The summed E-state index contributed by atoms with van der Waals surface area (Å²) in [5.41, 5.74) is 0.290. The summed E-state index contributed by atoms with van der Waals surface area (Å²) < 4.78 is 27.5. The number of hydrogen-bond donors (Lipinski definition) is 0. The number of oxazole rings is 1. The van der Waals surface area contributed by atoms with Crippen molar-refractivity contribution in [3.63, 3.8) is 0 Å². The Morgan fingerprint density at radius 3 is 2.69 bits per heavy atom. The molecule has 1 aromatic rings. The van der Waals surface area contributed by atoms with Crippen LogP contribution in [0.5, 0.6) is 0 Å². The van der Waals surface area contributed by atoms with Crippen LogP contribution in [0, 0.1) is 5.92 Å². The number of carbonyl (C=O) groups excluding carboxylic acids is 1. The standard InChI is InChI=1S/C10H13NO4S/c12-6-9-7-15-10(11-9)5-8-1-3-16(13,14)4-2-8/h6-8H,1-5H2. The van der Waals surface area contributed by atoms with Crippen molar-refractivity contribution < 1.29 is 17.6 Å². The van der Waals surface area contributed by atoms with E-state index >= 15 is 0 Å². The molecule has 0 bridgehead atoms. The van der Waals surface area contributed by atoms with Gasteiger partial charge in [0.1, 0.15) is 21.8 Å². The molecular weight excluding hydrogens is 230 g/mol. The Balaban J connectivity index is 1.94. The minimum absolute atomic E-state index is 0.249. The number of sulfone groups is 1. The summed E-state index contributed by atoms with van der Waals surface area (Å²) in [6, 6.07) is 0. The van der Waals surface area contributed by atoms with Gasteiger partial charge in [0.15, 0.2) is 12.2 Å². The second-order valence-electron chi connectivity index (χ2n) is 4.08. The van der Waals surface area contributed by atoms with Crippen LogP contribution >= 0.6 is 0 Å². The van der Waals surface area contributed by atoms with Gasteiger partial charge in [0.25, 0.3) is 0 Å². The quantitative estimate of drug-likeness (QED) is 0.736. The maximum absolute atomic E-state index is 11.2. The molecule has 2 heterocycles. The molecule has 1 saturated heterocycles. The topological polar surface area (TPSA) is 77.2 Å². The summed E-state index contributed by atoms with van der Waals surface area (Å²) in [5, 5.41) is 0. The summed E-state index contributed by atoms with van der Waals surface area (Å²) in [6.45, 7) is 0. The van der Waals surface area contributed by atoms with E-state index in [1.165, 1.54) is 6.26 Å². The number of aldehydes is 1. The Kier molecular flexibility index (Phi) is 3.09. The normalized spacial score (nSPS) is 20.8. The van der Waals surface area contributed by atoms with Crippen molar-refractivity contribution in [2.24, 2.45) is 5.92 Å². The highest BCUT2D eigenvalue weighted by Crippen LogP contribution is 2.22. The lowest BCUT2D eigenvalue weighted by Crippen LogP contribution is -2.24. The van der Waals surface area contributed by atoms with E-state index in [2.05, 4.69) is 4.98 Å². The first-order chi connectivity index (χ1) is 7.59. The molecule has 1 aliphatic heterocycles. The largest absolute Gasteiger partial charge is 0.448 e. The Bertz CT molecular complexity index is 463. The van der Waals surface area contributed by atoms with Gasteiger partial charge in [-0.25, -0.2) is 13.4 Å². The number of carbonyl (C=O) groups is 1. The zero-order chi connectivity index (χ0) is 11.6. The highest BCUT2D eigenvalue weighted by molar-refractivity contribution is 7.91. The maximum Gasteiger partial charge on any atom is 0.194 e. The second-order valence-corrected chi connectivity index (χ2v) is 6.39. The van der Waals surface area contributed by atoms with Crippen LogP contribution in [0.25, 0.3) is 0 Å². The Morgan fingerprint density at radius 2 is 2.12 bits per heavy atom. The van der Waals surface area contributed by atoms with E-state index in [0.717, 1.165) is 0 Å². The second kappa shape index (κ2) is 4.37. The van der Waals surface area contributed by atoms with Gasteiger partial charge in [0.2, 0.25) is 0 Å². The monoisotopic (exact) mass is 243 g/mol. The number of rotatable bonds is 3. The Morgan fingerprint density at radius 1 is 1.44 bits per heavy atom. The van der Waals surface area contributed by atoms with E-state index in [9.17, 15) is 13.2 Å². The van der Waals surface area contributed by atoms with Gasteiger partial charge in [-0.15, -0.1) is 0 Å². The molecule has 0 unspecified atom stereocenters. The van der Waals surface area contributed by atoms with Crippen LogP contribution in [0.15, 0.2) is 10.7 Å². The molecule has 16 heavy (non-hydrogen) atoms. The van der Waals surface area contributed by atoms with Crippen molar-refractivity contribution in [3.8, 4) is 0 Å². The van der Waals surface area contributed by atoms with E-state index < -0.39 is 9.84 Å². The number of aromatic nitrogens is 1. The van der Waals surface area contributed by atoms with Gasteiger partial charge in [-0.1, -0.05) is 0 Å². The van der Waals surface area contributed by atoms with Crippen molar-refractivity contribution >= 4 is 16.1 Å². The van der Waals surface area contributed by atoms with Gasteiger partial charge in [0, 0.05) is 6.42 Å². The number of nitrogens with zero attached hydrogens (tertiary/aromatic N) is 1. The van der Waals surface area contributed by atoms with Gasteiger partial charge < -0.3 is 4.42 Å². The van der Waals surface area contributed by atoms with Crippen LogP contribution in [0.2, 0.25) is 0 Å². The van der Waals surface area contributed by atoms with E-state index in [0.29, 0.717) is 43.1 Å². The molecule has 0 N–H and O–H groups in total. The molecule has 2 rings (SSSR count). The molecule has 0 atom stereocenters. The van der Waals surface area contributed by atoms with Crippen LogP contribution < -0.4 is 0 Å². The first-order valence-electron chi connectivity index (χ1n) is 5.19. The fourth-order valence-electron chi connectivity index (χ4n) is 1.86. The minimum atomic E-state index is -2.81. The van der Waals surface area contributed by atoms with Crippen molar-refractivity contribution in [2.75, 3.05) is 11.5 Å². The van der Waals surface area contributed by atoms with Crippen LogP contribution in [0.1, 0.15) is 29.2 Å². The lowest BCUT2D eigenvalue weighted by Gasteiger charge is -2.20. The highest BCUT2D eigenvalue weighted by Gasteiger charge is 2.24. The molecule has 88 valence electrons. The maximum atomic E-state index is 11.2. The minimum Gasteiger partial charge on any atom is -0.448 e. The van der Waals surface area contributed by atoms with E-state index in [-0.39, 0.29) is 11.5 Å². The fourth-order valence-corrected chi connectivity index (χ4v) is 3.45. The molecule has 1 aliphatic rings. The smallest absolute Gasteiger partial charge is 0.194 e. The van der Waals surface area contributed by atoms with Crippen LogP contribution in [0.3, 0.4) is 0 Å². The van der Waals surface area contributed by atoms with Gasteiger partial charge in [-0.05, 0) is 18.8 Å². The average Bonchev–Trinajstić information content (AvgIpc) is 2.69. The first kappa shape index (κ1) is 11.3. The first-order valence-corrected chi connectivity index (χ1v) is 7.01.